The van der Waals surface area contributed by atoms with Gasteiger partial charge in [-0.2, -0.15) is 15.0 Å². The normalized spacial score (nSPS) is 13.0. The third kappa shape index (κ3) is 15.3. The quantitative estimate of drug-likeness (QED) is 0.0106. The summed E-state index contributed by atoms with van der Waals surface area (Å²) in [5.41, 5.74) is 7.41. The molecule has 0 bridgehead atoms. The summed E-state index contributed by atoms with van der Waals surface area (Å²) >= 11 is 1.37. The van der Waals surface area contributed by atoms with Crippen molar-refractivity contribution in [2.24, 2.45) is 0 Å². The molecule has 3 amide bonds. The average Bonchev–Trinajstić information content (AvgIpc) is 3.71. The number of hydrogen-bond acceptors (Lipinski definition) is 21. The van der Waals surface area contributed by atoms with Crippen LogP contribution in [0.5, 0.6) is 0 Å². The number of carbonyl (C=O) groups excluding carboxylic acids is 5. The number of nitrogens with one attached hydrogen (secondary N) is 5. The van der Waals surface area contributed by atoms with Gasteiger partial charge in [-0.3, -0.25) is 28.9 Å². The number of nitrogens with zero attached hydrogens (tertiary/aromatic N) is 4. The lowest BCUT2D eigenvalue weighted by Crippen LogP contribution is -2.35. The van der Waals surface area contributed by atoms with Crippen molar-refractivity contribution >= 4 is 112 Å². The van der Waals surface area contributed by atoms with E-state index in [2.05, 4.69) is 41.5 Å². The first-order chi connectivity index (χ1) is 36.0. The van der Waals surface area contributed by atoms with Crippen molar-refractivity contribution in [2.75, 3.05) is 59.8 Å². The van der Waals surface area contributed by atoms with Crippen molar-refractivity contribution in [3.8, 4) is 0 Å². The van der Waals surface area contributed by atoms with E-state index in [1.807, 2.05) is 41.5 Å². The van der Waals surface area contributed by atoms with Crippen LogP contribution in [0, 0.1) is 0 Å². The maximum absolute atomic E-state index is 13.8. The molecule has 10 N–H and O–H groups in total. The molecule has 0 fully saturated rings. The fraction of sp³-hybridized carbons (Fsp3) is 0.346. The SMILES string of the molecule is CC.CC(C)(CCNC(=O)CCCN1C(=O)C=CC1=O)OCCC(C)(C)OCCCNc1nc(Nc2ccccc2SO)nc(Nc2ccc(Nc3cc(SO)c(N)c4c3C(=O)c3ccccc3C4=O)cc2SO)n1. The lowest BCUT2D eigenvalue weighted by atomic mass is 9.82. The zero-order valence-electron chi connectivity index (χ0n) is 42.4. The second kappa shape index (κ2) is 26.8. The number of nitrogen functional groups attached to an aromatic ring is 1. The highest BCUT2D eigenvalue weighted by Crippen LogP contribution is 2.42. The van der Waals surface area contributed by atoms with Gasteiger partial charge in [-0.05, 0) is 89.8 Å². The third-order valence-electron chi connectivity index (χ3n) is 11.8. The topological polar surface area (TPSA) is 293 Å². The molecular weight excluding hydrogens is 1020 g/mol. The van der Waals surface area contributed by atoms with Crippen molar-refractivity contribution in [3.63, 3.8) is 0 Å². The van der Waals surface area contributed by atoms with E-state index in [-0.39, 0.29) is 87.1 Å². The minimum absolute atomic E-state index is 0.0115. The second-order valence-electron chi connectivity index (χ2n) is 18.1. The first-order valence-corrected chi connectivity index (χ1v) is 26.5. The predicted molar refractivity (Wildman–Crippen MR) is 294 cm³/mol. The Balaban J connectivity index is 0.00000452. The third-order valence-corrected chi connectivity index (χ3v) is 13.4. The van der Waals surface area contributed by atoms with Crippen LogP contribution >= 0.6 is 36.1 Å². The fourth-order valence-corrected chi connectivity index (χ4v) is 8.96. The van der Waals surface area contributed by atoms with Crippen LogP contribution in [0.3, 0.4) is 0 Å². The standard InChI is InChI=1S/C50H56N10O10S3.C2H6/c1-49(2,20-23-52-38(61)15-9-24-60-39(62)18-19-40(60)63)70-26-21-50(3,4)69-25-10-22-53-46-57-47(55-32-13-7-8-14-35(32)71-66)59-48(58-46)56-33-17-16-29(27-36(33)72-67)54-34-28-37(73-68)43(51)42-41(34)44(64)30-11-5-6-12-31(30)45(42)65;1-2/h5-8,11-14,16-19,27-28,54,66-68H,9-10,15,20-26,51H2,1-4H3,(H,52,61)(H3,53,55,56,57,58,59);1-2H3. The van der Waals surface area contributed by atoms with Gasteiger partial charge < -0.3 is 55.4 Å². The molecule has 23 heteroatoms. The van der Waals surface area contributed by atoms with Gasteiger partial charge in [0.2, 0.25) is 23.8 Å². The van der Waals surface area contributed by atoms with E-state index in [4.69, 9.17) is 15.2 Å². The summed E-state index contributed by atoms with van der Waals surface area (Å²) in [6.07, 6.45) is 4.80. The van der Waals surface area contributed by atoms with Crippen molar-refractivity contribution in [2.45, 2.75) is 99.5 Å². The van der Waals surface area contributed by atoms with Crippen molar-refractivity contribution in [1.82, 2.24) is 25.2 Å². The Morgan fingerprint density at radius 1 is 0.640 bits per heavy atom. The number of amides is 3. The van der Waals surface area contributed by atoms with Crippen LogP contribution in [0.15, 0.2) is 99.6 Å². The molecule has 2 aliphatic rings. The number of carbonyl (C=O) groups is 5. The Morgan fingerprint density at radius 3 is 1.87 bits per heavy atom. The van der Waals surface area contributed by atoms with Gasteiger partial charge in [-0.1, -0.05) is 50.2 Å². The number of fused-ring (bicyclic) bond motifs is 2. The van der Waals surface area contributed by atoms with Gasteiger partial charge in [0.25, 0.3) is 11.8 Å². The summed E-state index contributed by atoms with van der Waals surface area (Å²) < 4.78 is 42.9. The Bertz CT molecular complexity index is 2900. The average molecular weight is 1080 g/mol. The van der Waals surface area contributed by atoms with Gasteiger partial charge in [0.15, 0.2) is 11.6 Å². The number of aromatic nitrogens is 3. The summed E-state index contributed by atoms with van der Waals surface area (Å²) in [6, 6.07) is 20.0. The van der Waals surface area contributed by atoms with Crippen molar-refractivity contribution in [1.29, 1.82) is 0 Å². The molecule has 0 radical (unpaired) electrons. The van der Waals surface area contributed by atoms with Gasteiger partial charge in [-0.15, -0.1) is 0 Å². The summed E-state index contributed by atoms with van der Waals surface area (Å²) in [5.74, 6) is -1.26. The highest BCUT2D eigenvalue weighted by Gasteiger charge is 2.35. The first-order valence-electron chi connectivity index (χ1n) is 24.2. The molecule has 0 atom stereocenters. The summed E-state index contributed by atoms with van der Waals surface area (Å²) in [6.45, 7) is 13.8. The molecule has 7 rings (SSSR count). The van der Waals surface area contributed by atoms with Crippen LogP contribution in [0.4, 0.5) is 46.3 Å². The molecule has 0 spiro atoms. The number of nitrogens with two attached hydrogens (primary N) is 1. The van der Waals surface area contributed by atoms with Crippen LogP contribution in [-0.4, -0.2) is 107 Å². The van der Waals surface area contributed by atoms with Crippen LogP contribution in [-0.2, 0) is 23.9 Å². The van der Waals surface area contributed by atoms with Gasteiger partial charge in [0.1, 0.15) is 0 Å². The second-order valence-corrected chi connectivity index (χ2v) is 19.9. The highest BCUT2D eigenvalue weighted by molar-refractivity contribution is 7.94. The lowest BCUT2D eigenvalue weighted by molar-refractivity contribution is -0.137. The number of ketones is 2. The van der Waals surface area contributed by atoms with Crippen LogP contribution in [0.1, 0.15) is 105 Å². The maximum atomic E-state index is 13.8. The maximum Gasteiger partial charge on any atom is 0.253 e. The number of anilines is 8. The van der Waals surface area contributed by atoms with Crippen LogP contribution in [0.2, 0.25) is 0 Å². The van der Waals surface area contributed by atoms with Crippen molar-refractivity contribution < 1.29 is 47.1 Å². The van der Waals surface area contributed by atoms with Gasteiger partial charge >= 0.3 is 0 Å². The molecule has 2 heterocycles. The van der Waals surface area contributed by atoms with E-state index < -0.39 is 22.8 Å². The van der Waals surface area contributed by atoms with Crippen LogP contribution < -0.4 is 32.3 Å². The predicted octanol–water partition coefficient (Wildman–Crippen LogP) is 10.2. The van der Waals surface area contributed by atoms with Crippen molar-refractivity contribution in [3.05, 3.63) is 107 Å². The minimum Gasteiger partial charge on any atom is -0.397 e. The molecule has 75 heavy (non-hydrogen) atoms. The Kier molecular flexibility index (Phi) is 20.6. The van der Waals surface area contributed by atoms with E-state index in [0.717, 1.165) is 4.90 Å². The van der Waals surface area contributed by atoms with Gasteiger partial charge in [0, 0.05) is 97.8 Å². The van der Waals surface area contributed by atoms with E-state index in [9.17, 15) is 37.6 Å². The molecule has 1 aliphatic carbocycles. The largest absolute Gasteiger partial charge is 0.397 e. The molecule has 0 saturated carbocycles. The molecule has 1 aromatic heterocycles. The van der Waals surface area contributed by atoms with Crippen LogP contribution in [0.25, 0.3) is 0 Å². The lowest BCUT2D eigenvalue weighted by Gasteiger charge is -2.30. The monoisotopic (exact) mass is 1080 g/mol. The molecule has 0 saturated heterocycles. The smallest absolute Gasteiger partial charge is 0.253 e. The minimum atomic E-state index is -0.513. The number of ether oxygens (including phenoxy) is 2. The fourth-order valence-electron chi connectivity index (χ4n) is 7.84. The molecule has 1 aliphatic heterocycles. The van der Waals surface area contributed by atoms with E-state index in [1.54, 1.807) is 66.7 Å². The molecule has 20 nitrogen and oxygen atoms in total. The van der Waals surface area contributed by atoms with E-state index in [1.165, 1.54) is 18.2 Å². The number of para-hydroxylation sites is 1. The number of imide groups is 1. The molecule has 5 aromatic rings. The first kappa shape index (κ1) is 57.7. The number of benzene rings is 4. The molecular formula is C52H62N10O10S3. The summed E-state index contributed by atoms with van der Waals surface area (Å²) in [4.78, 5) is 79.2. The molecule has 4 aromatic carbocycles. The number of hydrogen-bond donors (Lipinski definition) is 9. The molecule has 0 unspecified atom stereocenters. The summed E-state index contributed by atoms with van der Waals surface area (Å²) in [5, 5.41) is 15.6. The van der Waals surface area contributed by atoms with E-state index >= 15 is 0 Å². The Hall–Kier alpha value is -6.57. The number of rotatable bonds is 26. The van der Waals surface area contributed by atoms with E-state index in [0.29, 0.717) is 115 Å². The zero-order valence-corrected chi connectivity index (χ0v) is 44.9. The Morgan fingerprint density at radius 2 is 1.21 bits per heavy atom. The van der Waals surface area contributed by atoms with Gasteiger partial charge in [0.05, 0.1) is 66.4 Å². The molecule has 398 valence electrons. The van der Waals surface area contributed by atoms with Gasteiger partial charge in [-0.25, -0.2) is 0 Å². The highest BCUT2D eigenvalue weighted by atomic mass is 32.2. The zero-order chi connectivity index (χ0) is 54.3. The Labute approximate surface area is 448 Å². The summed E-state index contributed by atoms with van der Waals surface area (Å²) in [7, 11) is 0.